The third kappa shape index (κ3) is 5.95. The fraction of sp³-hybridized carbons (Fsp3) is 0.500. The Balaban J connectivity index is 2.43. The van der Waals surface area contributed by atoms with Crippen molar-refractivity contribution < 1.29 is 18.7 Å². The highest BCUT2D eigenvalue weighted by molar-refractivity contribution is 5.75. The van der Waals surface area contributed by atoms with Crippen LogP contribution < -0.4 is 16.2 Å². The molecule has 7 heteroatoms. The van der Waals surface area contributed by atoms with Crippen molar-refractivity contribution in [3.63, 3.8) is 0 Å². The van der Waals surface area contributed by atoms with Gasteiger partial charge < -0.3 is 10.4 Å². The van der Waals surface area contributed by atoms with Crippen LogP contribution in [0.2, 0.25) is 0 Å². The number of hydrazine groups is 1. The molecule has 0 saturated carbocycles. The Morgan fingerprint density at radius 2 is 2.05 bits per heavy atom. The van der Waals surface area contributed by atoms with Crippen LogP contribution in [-0.4, -0.2) is 23.8 Å². The molecule has 0 saturated heterocycles. The smallest absolute Gasteiger partial charge is 0.333 e. The van der Waals surface area contributed by atoms with Gasteiger partial charge in [0.05, 0.1) is 11.8 Å². The Bertz CT molecular complexity index is 493. The zero-order chi connectivity index (χ0) is 16.0. The minimum Gasteiger partial charge on any atom is -0.393 e. The number of hydrogen-bond donors (Lipinski definition) is 4. The van der Waals surface area contributed by atoms with Gasteiger partial charge in [0, 0.05) is 6.54 Å². The number of halogens is 2. The van der Waals surface area contributed by atoms with Gasteiger partial charge in [0.25, 0.3) is 0 Å². The van der Waals surface area contributed by atoms with Gasteiger partial charge in [0.2, 0.25) is 0 Å². The van der Waals surface area contributed by atoms with Crippen LogP contribution in [0.1, 0.15) is 27.2 Å². The van der Waals surface area contributed by atoms with Crippen molar-refractivity contribution in [1.82, 2.24) is 10.7 Å². The molecule has 0 aliphatic heterocycles. The molecular formula is C14H21F2N3O2. The maximum absolute atomic E-state index is 13.3. The summed E-state index contributed by atoms with van der Waals surface area (Å²) in [5, 5.41) is 11.9. The molecule has 21 heavy (non-hydrogen) atoms. The standard InChI is InChI=1S/C14H21F2N3O2/c1-9(20)7-14(2,3)8-17-13(21)19-18-11-6-4-5-10(15)12(11)16/h4-6,9,18,20H,7-8H2,1-3H3,(H2,17,19,21). The molecule has 0 aromatic heterocycles. The van der Waals surface area contributed by atoms with Crippen molar-refractivity contribution in [2.24, 2.45) is 5.41 Å². The second-order valence-electron chi connectivity index (χ2n) is 5.75. The average molecular weight is 301 g/mol. The van der Waals surface area contributed by atoms with E-state index in [0.29, 0.717) is 13.0 Å². The first-order chi connectivity index (χ1) is 9.71. The SMILES string of the molecule is CC(O)CC(C)(C)CNC(=O)NNc1cccc(F)c1F. The first-order valence-corrected chi connectivity index (χ1v) is 6.63. The number of hydrogen-bond acceptors (Lipinski definition) is 3. The maximum Gasteiger partial charge on any atom is 0.333 e. The van der Waals surface area contributed by atoms with Gasteiger partial charge in [-0.2, -0.15) is 0 Å². The highest BCUT2D eigenvalue weighted by Gasteiger charge is 2.21. The van der Waals surface area contributed by atoms with Crippen molar-refractivity contribution in [3.05, 3.63) is 29.8 Å². The van der Waals surface area contributed by atoms with E-state index in [1.807, 2.05) is 13.8 Å². The van der Waals surface area contributed by atoms with Gasteiger partial charge >= 0.3 is 6.03 Å². The lowest BCUT2D eigenvalue weighted by Gasteiger charge is -2.26. The molecular weight excluding hydrogens is 280 g/mol. The Labute approximate surface area is 122 Å². The molecule has 1 aromatic carbocycles. The third-order valence-electron chi connectivity index (χ3n) is 2.84. The minimum atomic E-state index is -1.06. The number of anilines is 1. The van der Waals surface area contributed by atoms with Crippen LogP contribution >= 0.6 is 0 Å². The van der Waals surface area contributed by atoms with Crippen LogP contribution in [0.4, 0.5) is 19.3 Å². The molecule has 1 unspecified atom stereocenters. The van der Waals surface area contributed by atoms with E-state index in [-0.39, 0.29) is 11.1 Å². The van der Waals surface area contributed by atoms with Crippen LogP contribution in [0.5, 0.6) is 0 Å². The fourth-order valence-electron chi connectivity index (χ4n) is 1.96. The summed E-state index contributed by atoms with van der Waals surface area (Å²) in [5.74, 6) is -2.06. The molecule has 4 N–H and O–H groups in total. The van der Waals surface area contributed by atoms with Crippen LogP contribution in [0.15, 0.2) is 18.2 Å². The lowest BCUT2D eigenvalue weighted by atomic mass is 9.87. The molecule has 1 rings (SSSR count). The van der Waals surface area contributed by atoms with E-state index < -0.39 is 23.8 Å². The molecule has 0 heterocycles. The lowest BCUT2D eigenvalue weighted by Crippen LogP contribution is -2.43. The van der Waals surface area contributed by atoms with Crippen molar-refractivity contribution >= 4 is 11.7 Å². The van der Waals surface area contributed by atoms with E-state index in [4.69, 9.17) is 0 Å². The summed E-state index contributed by atoms with van der Waals surface area (Å²) >= 11 is 0. The number of rotatable bonds is 6. The molecule has 118 valence electrons. The van der Waals surface area contributed by atoms with E-state index in [0.717, 1.165) is 6.07 Å². The van der Waals surface area contributed by atoms with Gasteiger partial charge in [0.1, 0.15) is 0 Å². The molecule has 0 fully saturated rings. The van der Waals surface area contributed by atoms with Gasteiger partial charge in [-0.25, -0.2) is 13.6 Å². The normalized spacial score (nSPS) is 12.7. The second-order valence-corrected chi connectivity index (χ2v) is 5.75. The quantitative estimate of drug-likeness (QED) is 0.610. The topological polar surface area (TPSA) is 73.4 Å². The second kappa shape index (κ2) is 7.21. The number of nitrogens with one attached hydrogen (secondary N) is 3. The minimum absolute atomic E-state index is 0.159. The molecule has 1 atom stereocenters. The van der Waals surface area contributed by atoms with Crippen LogP contribution in [0.3, 0.4) is 0 Å². The fourth-order valence-corrected chi connectivity index (χ4v) is 1.96. The number of aliphatic hydroxyl groups excluding tert-OH is 1. The number of aliphatic hydroxyl groups is 1. The average Bonchev–Trinajstić information content (AvgIpc) is 2.37. The monoisotopic (exact) mass is 301 g/mol. The zero-order valence-corrected chi connectivity index (χ0v) is 12.3. The van der Waals surface area contributed by atoms with Crippen LogP contribution in [-0.2, 0) is 0 Å². The highest BCUT2D eigenvalue weighted by Crippen LogP contribution is 2.21. The molecule has 2 amide bonds. The summed E-state index contributed by atoms with van der Waals surface area (Å²) in [7, 11) is 0. The first-order valence-electron chi connectivity index (χ1n) is 6.63. The molecule has 0 aliphatic rings. The van der Waals surface area contributed by atoms with E-state index in [1.165, 1.54) is 12.1 Å². The summed E-state index contributed by atoms with van der Waals surface area (Å²) in [6.45, 7) is 5.81. The zero-order valence-electron chi connectivity index (χ0n) is 12.3. The molecule has 0 spiro atoms. The van der Waals surface area contributed by atoms with Crippen molar-refractivity contribution in [2.75, 3.05) is 12.0 Å². The summed E-state index contributed by atoms with van der Waals surface area (Å²) in [4.78, 5) is 11.6. The van der Waals surface area contributed by atoms with Crippen molar-refractivity contribution in [1.29, 1.82) is 0 Å². The summed E-state index contributed by atoms with van der Waals surface area (Å²) in [5.41, 5.74) is 4.09. The van der Waals surface area contributed by atoms with Gasteiger partial charge in [0.15, 0.2) is 11.6 Å². The van der Waals surface area contributed by atoms with Crippen LogP contribution in [0, 0.1) is 17.0 Å². The predicted molar refractivity (Wildman–Crippen MR) is 76.6 cm³/mol. The largest absolute Gasteiger partial charge is 0.393 e. The summed E-state index contributed by atoms with van der Waals surface area (Å²) < 4.78 is 26.3. The van der Waals surface area contributed by atoms with Gasteiger partial charge in [-0.15, -0.1) is 0 Å². The number of carbonyl (C=O) groups is 1. The van der Waals surface area contributed by atoms with E-state index >= 15 is 0 Å². The number of urea groups is 1. The highest BCUT2D eigenvalue weighted by atomic mass is 19.2. The molecule has 0 aliphatic carbocycles. The molecule has 5 nitrogen and oxygen atoms in total. The van der Waals surface area contributed by atoms with Crippen molar-refractivity contribution in [2.45, 2.75) is 33.3 Å². The van der Waals surface area contributed by atoms with Crippen molar-refractivity contribution in [3.8, 4) is 0 Å². The predicted octanol–water partition coefficient (Wildman–Crippen LogP) is 2.39. The Morgan fingerprint density at radius 1 is 1.38 bits per heavy atom. The Hall–Kier alpha value is -1.89. The van der Waals surface area contributed by atoms with E-state index in [2.05, 4.69) is 16.2 Å². The Kier molecular flexibility index (Phi) is 5.90. The summed E-state index contributed by atoms with van der Waals surface area (Å²) in [6.07, 6.45) is 0.0588. The molecule has 0 radical (unpaired) electrons. The maximum atomic E-state index is 13.3. The lowest BCUT2D eigenvalue weighted by molar-refractivity contribution is 0.129. The number of carbonyl (C=O) groups excluding carboxylic acids is 1. The number of amides is 2. The summed E-state index contributed by atoms with van der Waals surface area (Å²) in [6, 6.07) is 3.04. The van der Waals surface area contributed by atoms with Gasteiger partial charge in [-0.3, -0.25) is 10.9 Å². The van der Waals surface area contributed by atoms with Gasteiger partial charge in [-0.05, 0) is 30.9 Å². The molecule has 0 bridgehead atoms. The van der Waals surface area contributed by atoms with Crippen LogP contribution in [0.25, 0.3) is 0 Å². The van der Waals surface area contributed by atoms with E-state index in [9.17, 15) is 18.7 Å². The first kappa shape index (κ1) is 17.2. The molecule has 1 aromatic rings. The van der Waals surface area contributed by atoms with Gasteiger partial charge in [-0.1, -0.05) is 19.9 Å². The number of benzene rings is 1. The van der Waals surface area contributed by atoms with E-state index in [1.54, 1.807) is 6.92 Å². The third-order valence-corrected chi connectivity index (χ3v) is 2.84. The Morgan fingerprint density at radius 3 is 2.67 bits per heavy atom.